The third-order valence-corrected chi connectivity index (χ3v) is 3.77. The first kappa shape index (κ1) is 8.23. The fraction of sp³-hybridized carbons (Fsp3) is 0.750. The highest BCUT2D eigenvalue weighted by Gasteiger charge is 2.42. The summed E-state index contributed by atoms with van der Waals surface area (Å²) in [6.45, 7) is 0. The summed E-state index contributed by atoms with van der Waals surface area (Å²) in [5.74, 6) is 1.10. The van der Waals surface area contributed by atoms with Crippen molar-refractivity contribution in [1.29, 1.82) is 0 Å². The van der Waals surface area contributed by atoms with Crippen molar-refractivity contribution in [3.63, 3.8) is 0 Å². The van der Waals surface area contributed by atoms with Crippen LogP contribution in [0.4, 0.5) is 0 Å². The molecule has 1 saturated carbocycles. The molecule has 0 unspecified atom stereocenters. The van der Waals surface area contributed by atoms with Crippen LogP contribution in [0, 0.1) is 5.41 Å². The standard InChI is InChI=1S/C8H12BrN3/c1-12-7(10-6-11-12)4-8(5-9)2-3-8/h6H,2-5H2,1H3. The number of hydrogen-bond donors (Lipinski definition) is 0. The number of rotatable bonds is 3. The van der Waals surface area contributed by atoms with Crippen LogP contribution >= 0.6 is 15.9 Å². The highest BCUT2D eigenvalue weighted by molar-refractivity contribution is 9.09. The minimum Gasteiger partial charge on any atom is -0.253 e. The molecule has 0 saturated heterocycles. The SMILES string of the molecule is Cn1ncnc1CC1(CBr)CC1. The Bertz CT molecular complexity index is 278. The van der Waals surface area contributed by atoms with Crippen LogP contribution in [0.1, 0.15) is 18.7 Å². The van der Waals surface area contributed by atoms with E-state index in [0.717, 1.165) is 17.6 Å². The molecule has 66 valence electrons. The molecule has 4 heteroatoms. The molecule has 1 aromatic rings. The van der Waals surface area contributed by atoms with Gasteiger partial charge < -0.3 is 0 Å². The summed E-state index contributed by atoms with van der Waals surface area (Å²) in [5.41, 5.74) is 0.501. The van der Waals surface area contributed by atoms with E-state index in [9.17, 15) is 0 Å². The summed E-state index contributed by atoms with van der Waals surface area (Å²) in [4.78, 5) is 4.22. The molecule has 0 aromatic carbocycles. The lowest BCUT2D eigenvalue weighted by Crippen LogP contribution is -2.11. The van der Waals surface area contributed by atoms with Crippen LogP contribution in [-0.4, -0.2) is 20.1 Å². The van der Waals surface area contributed by atoms with Crippen LogP contribution in [0.5, 0.6) is 0 Å². The highest BCUT2D eigenvalue weighted by Crippen LogP contribution is 2.49. The smallest absolute Gasteiger partial charge is 0.138 e. The van der Waals surface area contributed by atoms with Crippen molar-refractivity contribution >= 4 is 15.9 Å². The highest BCUT2D eigenvalue weighted by atomic mass is 79.9. The second-order valence-corrected chi connectivity index (χ2v) is 4.17. The summed E-state index contributed by atoms with van der Waals surface area (Å²) in [7, 11) is 1.95. The summed E-state index contributed by atoms with van der Waals surface area (Å²) in [6.07, 6.45) is 5.34. The van der Waals surface area contributed by atoms with Gasteiger partial charge in [0.2, 0.25) is 0 Å². The van der Waals surface area contributed by atoms with E-state index in [2.05, 4.69) is 26.0 Å². The van der Waals surface area contributed by atoms with Crippen LogP contribution in [-0.2, 0) is 13.5 Å². The molecule has 0 amide bonds. The van der Waals surface area contributed by atoms with E-state index in [1.54, 1.807) is 6.33 Å². The molecule has 0 bridgehead atoms. The van der Waals surface area contributed by atoms with Crippen LogP contribution in [0.25, 0.3) is 0 Å². The summed E-state index contributed by atoms with van der Waals surface area (Å²) >= 11 is 3.55. The molecule has 1 aliphatic rings. The van der Waals surface area contributed by atoms with Crippen molar-refractivity contribution in [2.24, 2.45) is 12.5 Å². The lowest BCUT2D eigenvalue weighted by Gasteiger charge is -2.09. The van der Waals surface area contributed by atoms with Gasteiger partial charge in [-0.2, -0.15) is 5.10 Å². The van der Waals surface area contributed by atoms with Crippen molar-refractivity contribution < 1.29 is 0 Å². The maximum absolute atomic E-state index is 4.22. The maximum atomic E-state index is 4.22. The lowest BCUT2D eigenvalue weighted by molar-refractivity contribution is 0.539. The fourth-order valence-electron chi connectivity index (χ4n) is 1.35. The van der Waals surface area contributed by atoms with E-state index in [4.69, 9.17) is 0 Å². The van der Waals surface area contributed by atoms with Gasteiger partial charge in [-0.1, -0.05) is 15.9 Å². The Morgan fingerprint density at radius 1 is 1.67 bits per heavy atom. The Morgan fingerprint density at radius 3 is 2.83 bits per heavy atom. The van der Waals surface area contributed by atoms with Crippen LogP contribution < -0.4 is 0 Å². The molecule has 1 heterocycles. The topological polar surface area (TPSA) is 30.7 Å². The minimum absolute atomic E-state index is 0.501. The van der Waals surface area contributed by atoms with Gasteiger partial charge in [-0.15, -0.1) is 0 Å². The Morgan fingerprint density at radius 2 is 2.42 bits per heavy atom. The van der Waals surface area contributed by atoms with Gasteiger partial charge >= 0.3 is 0 Å². The summed E-state index contributed by atoms with van der Waals surface area (Å²) < 4.78 is 1.86. The predicted molar refractivity (Wildman–Crippen MR) is 50.2 cm³/mol. The quantitative estimate of drug-likeness (QED) is 0.737. The van der Waals surface area contributed by atoms with Gasteiger partial charge in [0, 0.05) is 18.8 Å². The van der Waals surface area contributed by atoms with E-state index < -0.39 is 0 Å². The molecule has 3 nitrogen and oxygen atoms in total. The predicted octanol–water partition coefficient (Wildman–Crippen LogP) is 1.53. The second kappa shape index (κ2) is 2.83. The molecule has 0 N–H and O–H groups in total. The molecular formula is C8H12BrN3. The van der Waals surface area contributed by atoms with Crippen molar-refractivity contribution in [3.05, 3.63) is 12.2 Å². The van der Waals surface area contributed by atoms with Gasteiger partial charge in [-0.25, -0.2) is 4.98 Å². The van der Waals surface area contributed by atoms with Gasteiger partial charge in [0.25, 0.3) is 0 Å². The van der Waals surface area contributed by atoms with Gasteiger partial charge in [0.1, 0.15) is 12.2 Å². The fourth-order valence-corrected chi connectivity index (χ4v) is 2.11. The normalized spacial score (nSPS) is 19.5. The number of aromatic nitrogens is 3. The molecule has 1 aliphatic carbocycles. The summed E-state index contributed by atoms with van der Waals surface area (Å²) in [5, 5.41) is 5.14. The number of alkyl halides is 1. The monoisotopic (exact) mass is 229 g/mol. The van der Waals surface area contributed by atoms with E-state index in [0.29, 0.717) is 5.41 Å². The average molecular weight is 230 g/mol. The number of aryl methyl sites for hydroxylation is 1. The third-order valence-electron chi connectivity index (χ3n) is 2.58. The molecule has 1 aromatic heterocycles. The Labute approximate surface area is 80.3 Å². The van der Waals surface area contributed by atoms with Crippen LogP contribution in [0.2, 0.25) is 0 Å². The molecular weight excluding hydrogens is 218 g/mol. The van der Waals surface area contributed by atoms with Gasteiger partial charge in [-0.05, 0) is 18.3 Å². The van der Waals surface area contributed by atoms with Gasteiger partial charge in [0.15, 0.2) is 0 Å². The Hall–Kier alpha value is -0.380. The molecule has 0 spiro atoms. The molecule has 2 rings (SSSR count). The van der Waals surface area contributed by atoms with Gasteiger partial charge in [-0.3, -0.25) is 4.68 Å². The zero-order valence-corrected chi connectivity index (χ0v) is 8.71. The first-order chi connectivity index (χ1) is 5.76. The van der Waals surface area contributed by atoms with Crippen molar-refractivity contribution in [2.75, 3.05) is 5.33 Å². The lowest BCUT2D eigenvalue weighted by atomic mass is 10.1. The molecule has 0 atom stereocenters. The second-order valence-electron chi connectivity index (χ2n) is 3.61. The maximum Gasteiger partial charge on any atom is 0.138 e. The number of nitrogens with zero attached hydrogens (tertiary/aromatic N) is 3. The van der Waals surface area contributed by atoms with Gasteiger partial charge in [0.05, 0.1) is 0 Å². The third kappa shape index (κ3) is 1.40. The zero-order chi connectivity index (χ0) is 8.60. The van der Waals surface area contributed by atoms with Crippen molar-refractivity contribution in [1.82, 2.24) is 14.8 Å². The van der Waals surface area contributed by atoms with E-state index in [-0.39, 0.29) is 0 Å². The Balaban J connectivity index is 2.08. The molecule has 0 aliphatic heterocycles. The molecule has 0 radical (unpaired) electrons. The van der Waals surface area contributed by atoms with E-state index in [1.807, 2.05) is 11.7 Å². The van der Waals surface area contributed by atoms with Crippen LogP contribution in [0.15, 0.2) is 6.33 Å². The van der Waals surface area contributed by atoms with Crippen molar-refractivity contribution in [2.45, 2.75) is 19.3 Å². The number of halogens is 1. The zero-order valence-electron chi connectivity index (χ0n) is 7.13. The largest absolute Gasteiger partial charge is 0.253 e. The first-order valence-corrected chi connectivity index (χ1v) is 5.27. The van der Waals surface area contributed by atoms with E-state index >= 15 is 0 Å². The molecule has 12 heavy (non-hydrogen) atoms. The average Bonchev–Trinajstić information content (AvgIpc) is 2.74. The van der Waals surface area contributed by atoms with Crippen molar-refractivity contribution in [3.8, 4) is 0 Å². The summed E-state index contributed by atoms with van der Waals surface area (Å²) in [6, 6.07) is 0. The Kier molecular flexibility index (Phi) is 1.94. The first-order valence-electron chi connectivity index (χ1n) is 4.15. The van der Waals surface area contributed by atoms with E-state index in [1.165, 1.54) is 12.8 Å². The van der Waals surface area contributed by atoms with Crippen LogP contribution in [0.3, 0.4) is 0 Å². The number of hydrogen-bond acceptors (Lipinski definition) is 2. The minimum atomic E-state index is 0.501. The molecule has 1 fully saturated rings.